The van der Waals surface area contributed by atoms with Crippen LogP contribution in [0.5, 0.6) is 5.75 Å². The van der Waals surface area contributed by atoms with E-state index in [1.54, 1.807) is 23.0 Å². The highest BCUT2D eigenvalue weighted by Crippen LogP contribution is 2.33. The summed E-state index contributed by atoms with van der Waals surface area (Å²) in [5.41, 5.74) is 2.32. The normalized spacial score (nSPS) is 11.8. The van der Waals surface area contributed by atoms with Gasteiger partial charge in [0.15, 0.2) is 0 Å². The number of nitriles is 1. The molecule has 0 amide bonds. The molecule has 0 bridgehead atoms. The van der Waals surface area contributed by atoms with Crippen LogP contribution in [0, 0.1) is 11.3 Å². The molecular formula is C28H23Cl2N3O3S. The van der Waals surface area contributed by atoms with Gasteiger partial charge in [0.25, 0.3) is 0 Å². The number of halogens is 2. The monoisotopic (exact) mass is 551 g/mol. The largest absolute Gasteiger partial charge is 0.492 e. The molecule has 0 aliphatic rings. The molecule has 188 valence electrons. The third-order valence-corrected chi connectivity index (χ3v) is 7.76. The van der Waals surface area contributed by atoms with Crippen molar-refractivity contribution in [2.24, 2.45) is 0 Å². The minimum atomic E-state index is -4.09. The first kappa shape index (κ1) is 26.5. The smallest absolute Gasteiger partial charge is 0.216 e. The molecule has 0 radical (unpaired) electrons. The van der Waals surface area contributed by atoms with Crippen molar-refractivity contribution in [1.82, 2.24) is 9.78 Å². The zero-order valence-corrected chi connectivity index (χ0v) is 22.3. The van der Waals surface area contributed by atoms with Gasteiger partial charge in [0.2, 0.25) is 9.84 Å². The first-order valence-electron chi connectivity index (χ1n) is 11.5. The Bertz CT molecular complexity index is 1570. The van der Waals surface area contributed by atoms with E-state index < -0.39 is 14.7 Å². The molecule has 0 N–H and O–H groups in total. The van der Waals surface area contributed by atoms with Crippen LogP contribution in [0.1, 0.15) is 25.3 Å². The molecule has 0 aliphatic carbocycles. The Kier molecular flexibility index (Phi) is 8.34. The third-order valence-electron chi connectivity index (χ3n) is 5.53. The molecule has 4 aromatic rings. The van der Waals surface area contributed by atoms with E-state index in [9.17, 15) is 13.7 Å². The number of benzene rings is 3. The number of aromatic nitrogens is 2. The molecule has 6 nitrogen and oxygen atoms in total. The maximum Gasteiger partial charge on any atom is 0.216 e. The maximum atomic E-state index is 13.2. The topological polar surface area (TPSA) is 85.0 Å². The maximum absolute atomic E-state index is 13.2. The average molecular weight is 552 g/mol. The van der Waals surface area contributed by atoms with Crippen LogP contribution in [-0.4, -0.2) is 24.8 Å². The zero-order chi connectivity index (χ0) is 26.4. The molecule has 1 aromatic heterocycles. The summed E-state index contributed by atoms with van der Waals surface area (Å²) in [5.74, 6) is 0.557. The van der Waals surface area contributed by atoms with E-state index in [4.69, 9.17) is 33.0 Å². The third kappa shape index (κ3) is 6.05. The van der Waals surface area contributed by atoms with Crippen LogP contribution in [0.25, 0.3) is 23.0 Å². The number of sulfone groups is 1. The number of rotatable bonds is 9. The van der Waals surface area contributed by atoms with Gasteiger partial charge in [-0.1, -0.05) is 54.7 Å². The van der Waals surface area contributed by atoms with Crippen molar-refractivity contribution in [3.05, 3.63) is 99.5 Å². The summed E-state index contributed by atoms with van der Waals surface area (Å²) in [7, 11) is -4.09. The molecule has 0 fully saturated rings. The average Bonchev–Trinajstić information content (AvgIpc) is 3.33. The highest BCUT2D eigenvalue weighted by Gasteiger charge is 2.23. The number of ether oxygens (including phenoxy) is 1. The van der Waals surface area contributed by atoms with Crippen LogP contribution in [0.3, 0.4) is 0 Å². The van der Waals surface area contributed by atoms with Gasteiger partial charge in [-0.15, -0.1) is 0 Å². The van der Waals surface area contributed by atoms with Crippen LogP contribution in [0.2, 0.25) is 10.0 Å². The highest BCUT2D eigenvalue weighted by molar-refractivity contribution is 7.95. The molecule has 4 rings (SSSR count). The second kappa shape index (κ2) is 11.7. The van der Waals surface area contributed by atoms with Crippen molar-refractivity contribution in [3.8, 4) is 28.8 Å². The van der Waals surface area contributed by atoms with E-state index in [1.807, 2.05) is 42.5 Å². The number of para-hydroxylation sites is 1. The van der Waals surface area contributed by atoms with Gasteiger partial charge < -0.3 is 4.74 Å². The molecule has 0 atom stereocenters. The van der Waals surface area contributed by atoms with Gasteiger partial charge in [0.1, 0.15) is 22.4 Å². The molecule has 1 heterocycles. The molecule has 0 saturated heterocycles. The van der Waals surface area contributed by atoms with E-state index in [1.165, 1.54) is 30.3 Å². The molecular weight excluding hydrogens is 529 g/mol. The number of hydrogen-bond acceptors (Lipinski definition) is 5. The number of unbranched alkanes of at least 4 members (excludes halogenated alkanes) is 1. The fourth-order valence-corrected chi connectivity index (χ4v) is 5.09. The predicted molar refractivity (Wildman–Crippen MR) is 147 cm³/mol. The van der Waals surface area contributed by atoms with Crippen molar-refractivity contribution < 1.29 is 13.2 Å². The molecule has 9 heteroatoms. The van der Waals surface area contributed by atoms with E-state index in [-0.39, 0.29) is 4.90 Å². The molecule has 3 aromatic carbocycles. The molecule has 37 heavy (non-hydrogen) atoms. The Balaban J connectivity index is 1.82. The van der Waals surface area contributed by atoms with Crippen molar-refractivity contribution in [1.29, 1.82) is 5.26 Å². The van der Waals surface area contributed by atoms with Crippen LogP contribution in [0.15, 0.2) is 88.8 Å². The minimum Gasteiger partial charge on any atom is -0.492 e. The van der Waals surface area contributed by atoms with Crippen molar-refractivity contribution >= 4 is 39.1 Å². The van der Waals surface area contributed by atoms with Crippen molar-refractivity contribution in [2.75, 3.05) is 6.61 Å². The molecule has 0 spiro atoms. The Morgan fingerprint density at radius 3 is 2.46 bits per heavy atom. The van der Waals surface area contributed by atoms with Gasteiger partial charge in [-0.3, -0.25) is 0 Å². The summed E-state index contributed by atoms with van der Waals surface area (Å²) in [6.07, 6.45) is 4.92. The number of hydrogen-bond donors (Lipinski definition) is 0. The zero-order valence-electron chi connectivity index (χ0n) is 19.9. The predicted octanol–water partition coefficient (Wildman–Crippen LogP) is 7.36. The standard InChI is InChI=1S/C28H23Cl2N3O3S/c1-2-3-15-36-27-14-9-20(17-26(27)30)28-21(19-33(32-28)23-7-5-4-6-8-23)16-25(18-31)37(34,35)24-12-10-22(29)11-13-24/h4-14,16-17,19H,2-3,15H2,1H3/b25-16-. The van der Waals surface area contributed by atoms with Crippen LogP contribution in [0.4, 0.5) is 0 Å². The van der Waals surface area contributed by atoms with Crippen molar-refractivity contribution in [3.63, 3.8) is 0 Å². The summed E-state index contributed by atoms with van der Waals surface area (Å²) in [5, 5.41) is 15.3. The first-order chi connectivity index (χ1) is 17.8. The first-order valence-corrected chi connectivity index (χ1v) is 13.8. The van der Waals surface area contributed by atoms with Crippen LogP contribution >= 0.6 is 23.2 Å². The van der Waals surface area contributed by atoms with Gasteiger partial charge in [-0.2, -0.15) is 10.4 Å². The van der Waals surface area contributed by atoms with Gasteiger partial charge >= 0.3 is 0 Å². The second-order valence-electron chi connectivity index (χ2n) is 8.14. The SMILES string of the molecule is CCCCOc1ccc(-c2nn(-c3ccccc3)cc2/C=C(/C#N)S(=O)(=O)c2ccc(Cl)cc2)cc1Cl. The van der Waals surface area contributed by atoms with E-state index >= 15 is 0 Å². The Labute approximate surface area is 226 Å². The second-order valence-corrected chi connectivity index (χ2v) is 10.9. The lowest BCUT2D eigenvalue weighted by molar-refractivity contribution is 0.309. The molecule has 0 saturated carbocycles. The summed E-state index contributed by atoms with van der Waals surface area (Å²) >= 11 is 12.4. The van der Waals surface area contributed by atoms with Crippen molar-refractivity contribution in [2.45, 2.75) is 24.7 Å². The van der Waals surface area contributed by atoms with Crippen LogP contribution in [-0.2, 0) is 9.84 Å². The summed E-state index contributed by atoms with van der Waals surface area (Å²) < 4.78 is 33.8. The fourth-order valence-electron chi connectivity index (χ4n) is 3.57. The highest BCUT2D eigenvalue weighted by atomic mass is 35.5. The molecule has 0 aliphatic heterocycles. The van der Waals surface area contributed by atoms with Gasteiger partial charge in [0, 0.05) is 22.3 Å². The summed E-state index contributed by atoms with van der Waals surface area (Å²) in [4.78, 5) is -0.451. The lowest BCUT2D eigenvalue weighted by Gasteiger charge is -2.09. The Morgan fingerprint density at radius 1 is 1.08 bits per heavy atom. The van der Waals surface area contributed by atoms with Gasteiger partial charge in [-0.25, -0.2) is 13.1 Å². The van der Waals surface area contributed by atoms with Gasteiger partial charge in [-0.05, 0) is 67.1 Å². The molecule has 0 unspecified atom stereocenters. The van der Waals surface area contributed by atoms with E-state index in [2.05, 4.69) is 6.92 Å². The number of allylic oxidation sites excluding steroid dienone is 1. The Morgan fingerprint density at radius 2 is 1.81 bits per heavy atom. The summed E-state index contributed by atoms with van der Waals surface area (Å²) in [6.45, 7) is 2.63. The minimum absolute atomic E-state index is 0.0293. The number of nitrogens with zero attached hydrogens (tertiary/aromatic N) is 3. The lowest BCUT2D eigenvalue weighted by atomic mass is 10.1. The fraction of sp³-hybridized carbons (Fsp3) is 0.143. The quantitative estimate of drug-likeness (QED) is 0.160. The van der Waals surface area contributed by atoms with Crippen LogP contribution < -0.4 is 4.74 Å². The Hall–Kier alpha value is -3.57. The summed E-state index contributed by atoms with van der Waals surface area (Å²) in [6, 6.07) is 22.2. The lowest BCUT2D eigenvalue weighted by Crippen LogP contribution is -2.03. The van der Waals surface area contributed by atoms with E-state index in [0.29, 0.717) is 39.2 Å². The van der Waals surface area contributed by atoms with Gasteiger partial charge in [0.05, 0.1) is 22.2 Å². The van der Waals surface area contributed by atoms with E-state index in [0.717, 1.165) is 18.5 Å².